The van der Waals surface area contributed by atoms with Crippen LogP contribution in [0.4, 0.5) is 4.79 Å². The fraction of sp³-hybridized carbons (Fsp3) is 0.778. The lowest BCUT2D eigenvalue weighted by atomic mass is 10.3. The number of aliphatic carboxylic acids is 1. The van der Waals surface area contributed by atoms with Crippen molar-refractivity contribution in [2.24, 2.45) is 0 Å². The standard InChI is InChI=1S/C5H10O3.C4H8O3/c1-3-4-8-5(6)7-2;5-3-1-2-4(6)7/h3-4H2,1-2H3;5H,1-3H2,(H,6,7). The number of hydrogen-bond donors (Lipinski definition) is 2. The molecule has 0 saturated carbocycles. The summed E-state index contributed by atoms with van der Waals surface area (Å²) in [6.45, 7) is 2.32. The normalized spacial score (nSPS) is 8.47. The fourth-order valence-electron chi connectivity index (χ4n) is 0.475. The van der Waals surface area contributed by atoms with E-state index < -0.39 is 12.1 Å². The topological polar surface area (TPSA) is 93.1 Å². The number of aliphatic hydroxyl groups excluding tert-OH is 1. The second-order valence-electron chi connectivity index (χ2n) is 2.52. The van der Waals surface area contributed by atoms with E-state index in [1.165, 1.54) is 7.11 Å². The highest BCUT2D eigenvalue weighted by molar-refractivity contribution is 5.66. The maximum Gasteiger partial charge on any atom is 0.507 e. The summed E-state index contributed by atoms with van der Waals surface area (Å²) in [7, 11) is 1.29. The molecule has 0 rings (SSSR count). The van der Waals surface area contributed by atoms with Crippen LogP contribution in [-0.2, 0) is 14.3 Å². The Bertz CT molecular complexity index is 168. The molecule has 0 aromatic heterocycles. The van der Waals surface area contributed by atoms with Crippen LogP contribution in [0.2, 0.25) is 0 Å². The van der Waals surface area contributed by atoms with Crippen molar-refractivity contribution >= 4 is 12.1 Å². The molecule has 0 heterocycles. The van der Waals surface area contributed by atoms with Gasteiger partial charge in [0.1, 0.15) is 0 Å². The Labute approximate surface area is 88.8 Å². The molecule has 15 heavy (non-hydrogen) atoms. The number of carbonyl (C=O) groups is 2. The van der Waals surface area contributed by atoms with Gasteiger partial charge in [0, 0.05) is 13.0 Å². The Morgan fingerprint density at radius 3 is 2.20 bits per heavy atom. The van der Waals surface area contributed by atoms with Gasteiger partial charge in [-0.25, -0.2) is 4.79 Å². The number of aliphatic hydroxyl groups is 1. The van der Waals surface area contributed by atoms with E-state index in [2.05, 4.69) is 9.47 Å². The molecule has 90 valence electrons. The number of carboxylic acids is 1. The highest BCUT2D eigenvalue weighted by atomic mass is 16.7. The van der Waals surface area contributed by atoms with Crippen molar-refractivity contribution in [3.8, 4) is 0 Å². The third kappa shape index (κ3) is 19.2. The van der Waals surface area contributed by atoms with Gasteiger partial charge >= 0.3 is 12.1 Å². The minimum Gasteiger partial charge on any atom is -0.481 e. The minimum atomic E-state index is -0.853. The van der Waals surface area contributed by atoms with Crippen LogP contribution < -0.4 is 0 Å². The number of methoxy groups -OCH3 is 1. The predicted molar refractivity (Wildman–Crippen MR) is 52.6 cm³/mol. The smallest absolute Gasteiger partial charge is 0.481 e. The number of ether oxygens (including phenoxy) is 2. The van der Waals surface area contributed by atoms with Crippen LogP contribution in [0.5, 0.6) is 0 Å². The SMILES string of the molecule is CCCOC(=O)OC.O=C(O)CCCO. The molecule has 0 aliphatic rings. The van der Waals surface area contributed by atoms with E-state index >= 15 is 0 Å². The molecule has 0 saturated heterocycles. The van der Waals surface area contributed by atoms with Crippen LogP contribution in [0.25, 0.3) is 0 Å². The summed E-state index contributed by atoms with van der Waals surface area (Å²) < 4.78 is 8.67. The zero-order valence-corrected chi connectivity index (χ0v) is 9.06. The average molecular weight is 222 g/mol. The van der Waals surface area contributed by atoms with Gasteiger partial charge in [-0.05, 0) is 12.8 Å². The number of hydrogen-bond acceptors (Lipinski definition) is 5. The zero-order chi connectivity index (χ0) is 12.1. The van der Waals surface area contributed by atoms with Crippen LogP contribution >= 0.6 is 0 Å². The third-order valence-electron chi connectivity index (χ3n) is 1.14. The van der Waals surface area contributed by atoms with Gasteiger partial charge in [-0.15, -0.1) is 0 Å². The first kappa shape index (κ1) is 16.1. The van der Waals surface area contributed by atoms with Crippen LogP contribution in [-0.4, -0.2) is 42.7 Å². The highest BCUT2D eigenvalue weighted by Crippen LogP contribution is 1.84. The van der Waals surface area contributed by atoms with Gasteiger partial charge in [0.05, 0.1) is 13.7 Å². The first-order chi connectivity index (χ1) is 7.08. The molecular weight excluding hydrogens is 204 g/mol. The van der Waals surface area contributed by atoms with Gasteiger partial charge in [0.15, 0.2) is 0 Å². The molecule has 0 aliphatic heterocycles. The van der Waals surface area contributed by atoms with Crippen molar-refractivity contribution in [2.45, 2.75) is 26.2 Å². The van der Waals surface area contributed by atoms with Crippen LogP contribution in [0, 0.1) is 0 Å². The van der Waals surface area contributed by atoms with E-state index in [-0.39, 0.29) is 13.0 Å². The second kappa shape index (κ2) is 12.7. The Morgan fingerprint density at radius 2 is 1.93 bits per heavy atom. The maximum absolute atomic E-state index is 10.1. The molecule has 0 spiro atoms. The van der Waals surface area contributed by atoms with Crippen LogP contribution in [0.3, 0.4) is 0 Å². The minimum absolute atomic E-state index is 0.0354. The summed E-state index contributed by atoms with van der Waals surface area (Å²) in [6, 6.07) is 0. The van der Waals surface area contributed by atoms with Crippen molar-refractivity contribution in [3.63, 3.8) is 0 Å². The molecule has 0 amide bonds. The molecule has 0 radical (unpaired) electrons. The lowest BCUT2D eigenvalue weighted by Gasteiger charge is -1.97. The van der Waals surface area contributed by atoms with E-state index in [9.17, 15) is 9.59 Å². The molecule has 0 aliphatic carbocycles. The average Bonchev–Trinajstić information content (AvgIpc) is 2.23. The fourth-order valence-corrected chi connectivity index (χ4v) is 0.475. The van der Waals surface area contributed by atoms with E-state index in [0.717, 1.165) is 6.42 Å². The largest absolute Gasteiger partial charge is 0.507 e. The van der Waals surface area contributed by atoms with Gasteiger partial charge in [-0.1, -0.05) is 6.92 Å². The molecule has 0 aromatic carbocycles. The molecule has 2 N–H and O–H groups in total. The van der Waals surface area contributed by atoms with Crippen molar-refractivity contribution in [1.29, 1.82) is 0 Å². The van der Waals surface area contributed by atoms with Crippen molar-refractivity contribution in [1.82, 2.24) is 0 Å². The Hall–Kier alpha value is -1.30. The Morgan fingerprint density at radius 1 is 1.33 bits per heavy atom. The predicted octanol–water partition coefficient (Wildman–Crippen LogP) is 1.02. The molecule has 6 nitrogen and oxygen atoms in total. The third-order valence-corrected chi connectivity index (χ3v) is 1.14. The number of carbonyl (C=O) groups excluding carboxylic acids is 1. The summed E-state index contributed by atoms with van der Waals surface area (Å²) in [4.78, 5) is 19.8. The molecular formula is C9H18O6. The van der Waals surface area contributed by atoms with Gasteiger partial charge in [0.25, 0.3) is 0 Å². The maximum atomic E-state index is 10.1. The first-order valence-corrected chi connectivity index (χ1v) is 4.61. The van der Waals surface area contributed by atoms with E-state index in [4.69, 9.17) is 10.2 Å². The van der Waals surface area contributed by atoms with Gasteiger partial charge in [-0.3, -0.25) is 4.79 Å². The monoisotopic (exact) mass is 222 g/mol. The summed E-state index contributed by atoms with van der Waals surface area (Å²) >= 11 is 0. The van der Waals surface area contributed by atoms with E-state index in [1.54, 1.807) is 0 Å². The first-order valence-electron chi connectivity index (χ1n) is 4.61. The van der Waals surface area contributed by atoms with E-state index in [1.807, 2.05) is 6.92 Å². The van der Waals surface area contributed by atoms with Crippen molar-refractivity contribution < 1.29 is 29.3 Å². The summed E-state index contributed by atoms with van der Waals surface area (Å²) in [6.07, 6.45) is 0.646. The number of rotatable bonds is 5. The molecule has 6 heteroatoms. The lowest BCUT2D eigenvalue weighted by Crippen LogP contribution is -2.03. The zero-order valence-electron chi connectivity index (χ0n) is 9.06. The summed E-state index contributed by atoms with van der Waals surface area (Å²) in [5, 5.41) is 16.0. The Balaban J connectivity index is 0. The second-order valence-corrected chi connectivity index (χ2v) is 2.52. The summed E-state index contributed by atoms with van der Waals surface area (Å²) in [5.74, 6) is -0.853. The molecule has 0 aromatic rings. The molecule has 0 bridgehead atoms. The van der Waals surface area contributed by atoms with E-state index in [0.29, 0.717) is 13.0 Å². The quantitative estimate of drug-likeness (QED) is 0.674. The van der Waals surface area contributed by atoms with Gasteiger partial charge < -0.3 is 19.7 Å². The van der Waals surface area contributed by atoms with Gasteiger partial charge in [-0.2, -0.15) is 0 Å². The number of carboxylic acid groups (broad SMARTS) is 1. The summed E-state index contributed by atoms with van der Waals surface area (Å²) in [5.41, 5.74) is 0. The molecule has 0 fully saturated rings. The highest BCUT2D eigenvalue weighted by Gasteiger charge is 1.95. The van der Waals surface area contributed by atoms with Gasteiger partial charge in [0.2, 0.25) is 0 Å². The molecule has 0 atom stereocenters. The lowest BCUT2D eigenvalue weighted by molar-refractivity contribution is -0.137. The Kier molecular flexibility index (Phi) is 13.7. The van der Waals surface area contributed by atoms with Crippen molar-refractivity contribution in [3.05, 3.63) is 0 Å². The van der Waals surface area contributed by atoms with Crippen molar-refractivity contribution in [2.75, 3.05) is 20.3 Å². The molecule has 0 unspecified atom stereocenters. The van der Waals surface area contributed by atoms with Crippen LogP contribution in [0.1, 0.15) is 26.2 Å². The van der Waals surface area contributed by atoms with Crippen LogP contribution in [0.15, 0.2) is 0 Å².